The fourth-order valence-corrected chi connectivity index (χ4v) is 4.52. The molecule has 2 aliphatic rings. The molecule has 0 aliphatic heterocycles. The van der Waals surface area contributed by atoms with Crippen molar-refractivity contribution in [1.82, 2.24) is 0 Å². The minimum absolute atomic E-state index is 0.0207. The van der Waals surface area contributed by atoms with Gasteiger partial charge in [0.15, 0.2) is 0 Å². The van der Waals surface area contributed by atoms with Gasteiger partial charge in [-0.3, -0.25) is 0 Å². The average molecular weight is 361 g/mol. The maximum absolute atomic E-state index is 13.1. The summed E-state index contributed by atoms with van der Waals surface area (Å²) in [6.45, 7) is 3.91. The molecule has 2 N–H and O–H groups in total. The second-order valence-electron chi connectivity index (χ2n) is 7.12. The number of nitrogens with zero attached hydrogens (tertiary/aromatic N) is 2. The van der Waals surface area contributed by atoms with Crippen molar-refractivity contribution in [2.24, 2.45) is 17.1 Å². The van der Waals surface area contributed by atoms with E-state index in [1.54, 1.807) is 6.92 Å². The highest BCUT2D eigenvalue weighted by molar-refractivity contribution is 5.88. The molecule has 5 nitrogen and oxygen atoms in total. The second-order valence-corrected chi connectivity index (χ2v) is 7.12. The summed E-state index contributed by atoms with van der Waals surface area (Å²) < 4.78 is 5.29. The van der Waals surface area contributed by atoms with Crippen LogP contribution < -0.4 is 5.73 Å². The van der Waals surface area contributed by atoms with E-state index in [0.717, 1.165) is 36.0 Å². The fourth-order valence-electron chi connectivity index (χ4n) is 4.52. The average Bonchev–Trinajstić information content (AvgIpc) is 2.68. The monoisotopic (exact) mass is 361 g/mol. The molecule has 0 radical (unpaired) electrons. The van der Waals surface area contributed by atoms with Gasteiger partial charge < -0.3 is 10.5 Å². The molecule has 0 heterocycles. The lowest BCUT2D eigenvalue weighted by atomic mass is 9.58. The first-order valence-corrected chi connectivity index (χ1v) is 9.29. The molecule has 5 heteroatoms. The van der Waals surface area contributed by atoms with Gasteiger partial charge in [0.1, 0.15) is 6.07 Å². The molecule has 0 fully saturated rings. The van der Waals surface area contributed by atoms with Gasteiger partial charge in [-0.15, -0.1) is 0 Å². The molecule has 1 aromatic carbocycles. The Balaban J connectivity index is 2.38. The Bertz CT molecular complexity index is 902. The number of nitriles is 2. The molecule has 3 rings (SSSR count). The standard InChI is InChI=1S/C22H23N3O2/c1-3-27-21(26)22(13-24)19(15-9-5-4-6-10-15)16-11-7-8-14(2)18(16)17(12-23)20(22)25/h4-6,9-10,14,19H,3,7-8,11,25H2,1-2H3/t14-,19+,22-/m1/s1. The van der Waals surface area contributed by atoms with E-state index in [1.165, 1.54) is 0 Å². The summed E-state index contributed by atoms with van der Waals surface area (Å²) in [5.41, 5.74) is 7.70. The number of hydrogen-bond acceptors (Lipinski definition) is 5. The molecular formula is C22H23N3O2. The predicted molar refractivity (Wildman–Crippen MR) is 101 cm³/mol. The summed E-state index contributed by atoms with van der Waals surface area (Å²) in [5.74, 6) is -1.07. The minimum atomic E-state index is -1.72. The van der Waals surface area contributed by atoms with E-state index in [1.807, 2.05) is 30.3 Å². The SMILES string of the molecule is CCOC(=O)[C@@]1(C#N)C(N)=C(C#N)C2=C(CCC[C@H]2C)[C@@H]1c1ccccc1. The number of nitrogens with two attached hydrogens (primary N) is 1. The highest BCUT2D eigenvalue weighted by Crippen LogP contribution is 2.56. The van der Waals surface area contributed by atoms with Crippen LogP contribution in [-0.4, -0.2) is 12.6 Å². The van der Waals surface area contributed by atoms with E-state index >= 15 is 0 Å². The number of carbonyl (C=O) groups is 1. The molecule has 27 heavy (non-hydrogen) atoms. The first-order valence-electron chi connectivity index (χ1n) is 9.29. The van der Waals surface area contributed by atoms with E-state index in [-0.39, 0.29) is 23.8 Å². The van der Waals surface area contributed by atoms with Crippen LogP contribution in [0.15, 0.2) is 52.7 Å². The number of hydrogen-bond donors (Lipinski definition) is 1. The van der Waals surface area contributed by atoms with Gasteiger partial charge >= 0.3 is 5.97 Å². The largest absolute Gasteiger partial charge is 0.464 e. The third-order valence-corrected chi connectivity index (χ3v) is 5.69. The first-order chi connectivity index (χ1) is 13.0. The molecule has 3 atom stereocenters. The van der Waals surface area contributed by atoms with Crippen molar-refractivity contribution >= 4 is 5.97 Å². The smallest absolute Gasteiger partial charge is 0.333 e. The number of rotatable bonds is 3. The molecule has 0 saturated carbocycles. The van der Waals surface area contributed by atoms with Crippen LogP contribution in [0.4, 0.5) is 0 Å². The van der Waals surface area contributed by atoms with Crippen LogP contribution in [0.5, 0.6) is 0 Å². The van der Waals surface area contributed by atoms with Gasteiger partial charge in [-0.05, 0) is 43.2 Å². The molecule has 0 amide bonds. The molecule has 138 valence electrons. The zero-order valence-corrected chi connectivity index (χ0v) is 15.7. The Kier molecular flexibility index (Phi) is 5.06. The van der Waals surface area contributed by atoms with Gasteiger partial charge in [-0.1, -0.05) is 42.8 Å². The lowest BCUT2D eigenvalue weighted by Crippen LogP contribution is -2.47. The molecule has 1 aromatic rings. The molecule has 0 saturated heterocycles. The lowest BCUT2D eigenvalue weighted by molar-refractivity contribution is -0.151. The van der Waals surface area contributed by atoms with Crippen LogP contribution in [0.1, 0.15) is 44.6 Å². The Hall–Kier alpha value is -3.05. The van der Waals surface area contributed by atoms with E-state index in [0.29, 0.717) is 0 Å². The molecular weight excluding hydrogens is 338 g/mol. The van der Waals surface area contributed by atoms with Gasteiger partial charge in [0, 0.05) is 5.92 Å². The number of esters is 1. The Morgan fingerprint density at radius 1 is 1.33 bits per heavy atom. The van der Waals surface area contributed by atoms with Crippen molar-refractivity contribution in [3.05, 3.63) is 58.3 Å². The van der Waals surface area contributed by atoms with Crippen molar-refractivity contribution in [3.63, 3.8) is 0 Å². The van der Waals surface area contributed by atoms with Crippen LogP contribution in [0, 0.1) is 34.0 Å². The van der Waals surface area contributed by atoms with Crippen LogP contribution in [0.25, 0.3) is 0 Å². The number of carbonyl (C=O) groups excluding carboxylic acids is 1. The van der Waals surface area contributed by atoms with Gasteiger partial charge in [-0.25, -0.2) is 4.79 Å². The summed E-state index contributed by atoms with van der Waals surface area (Å²) >= 11 is 0. The van der Waals surface area contributed by atoms with E-state index < -0.39 is 17.3 Å². The summed E-state index contributed by atoms with van der Waals surface area (Å²) in [6.07, 6.45) is 2.64. The Morgan fingerprint density at radius 3 is 2.63 bits per heavy atom. The number of benzene rings is 1. The van der Waals surface area contributed by atoms with Gasteiger partial charge in [0.25, 0.3) is 0 Å². The van der Waals surface area contributed by atoms with Gasteiger partial charge in [-0.2, -0.15) is 10.5 Å². The first kappa shape index (κ1) is 18.7. The minimum Gasteiger partial charge on any atom is -0.464 e. The summed E-state index contributed by atoms with van der Waals surface area (Å²) in [4.78, 5) is 13.1. The van der Waals surface area contributed by atoms with Crippen LogP contribution >= 0.6 is 0 Å². The third-order valence-electron chi connectivity index (χ3n) is 5.69. The predicted octanol–water partition coefficient (Wildman–Crippen LogP) is 3.71. The van der Waals surface area contributed by atoms with E-state index in [9.17, 15) is 15.3 Å². The zero-order chi connectivity index (χ0) is 19.6. The maximum atomic E-state index is 13.1. The number of allylic oxidation sites excluding steroid dienone is 3. The molecule has 0 unspecified atom stereocenters. The summed E-state index contributed by atoms with van der Waals surface area (Å²) in [5, 5.41) is 20.0. The molecule has 0 spiro atoms. The van der Waals surface area contributed by atoms with Crippen molar-refractivity contribution in [1.29, 1.82) is 10.5 Å². The third kappa shape index (κ3) is 2.71. The molecule has 0 bridgehead atoms. The zero-order valence-electron chi connectivity index (χ0n) is 15.7. The van der Waals surface area contributed by atoms with Crippen molar-refractivity contribution in [3.8, 4) is 12.1 Å². The van der Waals surface area contributed by atoms with E-state index in [2.05, 4.69) is 19.1 Å². The lowest BCUT2D eigenvalue weighted by Gasteiger charge is -2.43. The van der Waals surface area contributed by atoms with Crippen molar-refractivity contribution < 1.29 is 9.53 Å². The maximum Gasteiger partial charge on any atom is 0.333 e. The Labute approximate surface area is 159 Å². The highest BCUT2D eigenvalue weighted by atomic mass is 16.5. The van der Waals surface area contributed by atoms with Crippen LogP contribution in [0.2, 0.25) is 0 Å². The fraction of sp³-hybridized carbons (Fsp3) is 0.409. The topological polar surface area (TPSA) is 99.9 Å². The normalized spacial score (nSPS) is 27.4. The van der Waals surface area contributed by atoms with Crippen LogP contribution in [-0.2, 0) is 9.53 Å². The van der Waals surface area contributed by atoms with E-state index in [4.69, 9.17) is 10.5 Å². The summed E-state index contributed by atoms with van der Waals surface area (Å²) in [6, 6.07) is 13.8. The molecule has 0 aromatic heterocycles. The van der Waals surface area contributed by atoms with Crippen molar-refractivity contribution in [2.75, 3.05) is 6.61 Å². The molecule has 2 aliphatic carbocycles. The highest BCUT2D eigenvalue weighted by Gasteiger charge is 2.57. The number of ether oxygens (including phenoxy) is 1. The van der Waals surface area contributed by atoms with Gasteiger partial charge in [0.2, 0.25) is 5.41 Å². The van der Waals surface area contributed by atoms with Gasteiger partial charge in [0.05, 0.1) is 23.9 Å². The van der Waals surface area contributed by atoms with Crippen molar-refractivity contribution in [2.45, 2.75) is 39.0 Å². The quantitative estimate of drug-likeness (QED) is 0.827. The second kappa shape index (κ2) is 7.29. The Morgan fingerprint density at radius 2 is 2.04 bits per heavy atom. The summed E-state index contributed by atoms with van der Waals surface area (Å²) in [7, 11) is 0. The van der Waals surface area contributed by atoms with Crippen LogP contribution in [0.3, 0.4) is 0 Å².